The lowest BCUT2D eigenvalue weighted by Gasteiger charge is -2.47. The van der Waals surface area contributed by atoms with Crippen LogP contribution in [0.25, 0.3) is 0 Å². The van der Waals surface area contributed by atoms with Crippen LogP contribution in [0.2, 0.25) is 0 Å². The number of aromatic nitrogens is 1. The van der Waals surface area contributed by atoms with Crippen molar-refractivity contribution in [3.05, 3.63) is 59.4 Å². The van der Waals surface area contributed by atoms with Crippen LogP contribution >= 0.6 is 0 Å². The highest BCUT2D eigenvalue weighted by Gasteiger charge is 2.38. The minimum Gasteiger partial charge on any atom is -0.371 e. The van der Waals surface area contributed by atoms with Gasteiger partial charge in [-0.3, -0.25) is 9.78 Å². The summed E-state index contributed by atoms with van der Waals surface area (Å²) in [5, 5.41) is 3.41. The van der Waals surface area contributed by atoms with Gasteiger partial charge in [0.25, 0.3) is 5.91 Å². The zero-order chi connectivity index (χ0) is 19.7. The third kappa shape index (κ3) is 3.76. The first-order valence-electron chi connectivity index (χ1n) is 11.0. The Hall–Kier alpha value is -2.40. The maximum atomic E-state index is 13.1. The van der Waals surface area contributed by atoms with Gasteiger partial charge in [-0.15, -0.1) is 0 Å². The van der Waals surface area contributed by atoms with Gasteiger partial charge in [0.1, 0.15) is 0 Å². The smallest absolute Gasteiger partial charge is 0.253 e. The Bertz CT molecular complexity index is 864. The second kappa shape index (κ2) is 7.79. The first-order valence-corrected chi connectivity index (χ1v) is 11.0. The number of nitrogens with one attached hydrogen (secondary N) is 1. The van der Waals surface area contributed by atoms with E-state index in [1.54, 1.807) is 0 Å². The van der Waals surface area contributed by atoms with E-state index < -0.39 is 0 Å². The van der Waals surface area contributed by atoms with Crippen LogP contribution in [0.1, 0.15) is 47.2 Å². The average Bonchev–Trinajstić information content (AvgIpc) is 2.80. The first kappa shape index (κ1) is 18.6. The largest absolute Gasteiger partial charge is 0.371 e. The summed E-state index contributed by atoms with van der Waals surface area (Å²) < 4.78 is 0. The van der Waals surface area contributed by atoms with Crippen molar-refractivity contribution in [2.75, 3.05) is 37.6 Å². The molecule has 2 fully saturated rings. The monoisotopic (exact) mass is 390 g/mol. The van der Waals surface area contributed by atoms with Gasteiger partial charge in [-0.25, -0.2) is 0 Å². The molecule has 152 valence electrons. The highest BCUT2D eigenvalue weighted by molar-refractivity contribution is 5.94. The number of pyridine rings is 1. The van der Waals surface area contributed by atoms with Crippen LogP contribution in [-0.2, 0) is 13.0 Å². The fourth-order valence-corrected chi connectivity index (χ4v) is 5.27. The maximum absolute atomic E-state index is 13.1. The number of hydrogen-bond donors (Lipinski definition) is 1. The Labute approximate surface area is 173 Å². The molecular weight excluding hydrogens is 360 g/mol. The molecule has 1 amide bonds. The molecule has 3 aliphatic rings. The molecule has 1 aromatic carbocycles. The molecule has 0 radical (unpaired) electrons. The number of amides is 1. The van der Waals surface area contributed by atoms with E-state index in [0.717, 1.165) is 64.1 Å². The predicted octanol–water partition coefficient (Wildman–Crippen LogP) is 3.25. The van der Waals surface area contributed by atoms with Crippen LogP contribution in [0.15, 0.2) is 42.7 Å². The number of hydrogen-bond acceptors (Lipinski definition) is 4. The summed E-state index contributed by atoms with van der Waals surface area (Å²) in [6.45, 7) is 5.92. The third-order valence-electron chi connectivity index (χ3n) is 7.30. The minimum atomic E-state index is 0.211. The standard InChI is InChI=1S/C24H30N4O/c29-23(20-2-1-19-3-10-26-18-21(19)17-20)28-15-8-24(9-16-28)6-13-27(14-7-24)22-4-11-25-12-5-22/h1-2,4-5,11-12,17,26H,3,6-10,13-16,18H2. The Morgan fingerprint density at radius 3 is 2.41 bits per heavy atom. The fraction of sp³-hybridized carbons (Fsp3) is 0.500. The van der Waals surface area contributed by atoms with Crippen LogP contribution in [-0.4, -0.2) is 48.5 Å². The number of fused-ring (bicyclic) bond motifs is 1. The lowest BCUT2D eigenvalue weighted by molar-refractivity contribution is 0.0515. The molecule has 2 aromatic rings. The lowest BCUT2D eigenvalue weighted by atomic mass is 9.71. The van der Waals surface area contributed by atoms with E-state index in [0.29, 0.717) is 5.41 Å². The molecule has 2 saturated heterocycles. The molecule has 1 spiro atoms. The molecule has 5 nitrogen and oxygen atoms in total. The molecule has 0 saturated carbocycles. The van der Waals surface area contributed by atoms with E-state index in [-0.39, 0.29) is 5.91 Å². The summed E-state index contributed by atoms with van der Waals surface area (Å²) in [5.74, 6) is 0.211. The number of nitrogens with zero attached hydrogens (tertiary/aromatic N) is 3. The second-order valence-electron chi connectivity index (χ2n) is 8.89. The summed E-state index contributed by atoms with van der Waals surface area (Å²) >= 11 is 0. The number of carbonyl (C=O) groups is 1. The van der Waals surface area contributed by atoms with Gasteiger partial charge >= 0.3 is 0 Å². The van der Waals surface area contributed by atoms with Gasteiger partial charge < -0.3 is 15.1 Å². The Balaban J connectivity index is 1.19. The number of benzene rings is 1. The van der Waals surface area contributed by atoms with Gasteiger partial charge in [0.15, 0.2) is 0 Å². The van der Waals surface area contributed by atoms with E-state index in [1.807, 2.05) is 18.5 Å². The Morgan fingerprint density at radius 1 is 0.931 bits per heavy atom. The van der Waals surface area contributed by atoms with Gasteiger partial charge in [-0.1, -0.05) is 6.07 Å². The van der Waals surface area contributed by atoms with Crippen LogP contribution in [0.4, 0.5) is 5.69 Å². The summed E-state index contributed by atoms with van der Waals surface area (Å²) in [5.41, 5.74) is 5.23. The Morgan fingerprint density at radius 2 is 1.66 bits per heavy atom. The van der Waals surface area contributed by atoms with Gasteiger partial charge in [0.05, 0.1) is 0 Å². The number of piperidine rings is 2. The van der Waals surface area contributed by atoms with Gasteiger partial charge in [0.2, 0.25) is 0 Å². The molecule has 4 heterocycles. The zero-order valence-corrected chi connectivity index (χ0v) is 17.1. The summed E-state index contributed by atoms with van der Waals surface area (Å²) in [6, 6.07) is 10.5. The first-order chi connectivity index (χ1) is 14.2. The van der Waals surface area contributed by atoms with Crippen molar-refractivity contribution in [2.45, 2.75) is 38.6 Å². The molecule has 29 heavy (non-hydrogen) atoms. The van der Waals surface area contributed by atoms with Crippen molar-refractivity contribution in [3.63, 3.8) is 0 Å². The van der Waals surface area contributed by atoms with Gasteiger partial charge in [-0.2, -0.15) is 0 Å². The average molecular weight is 391 g/mol. The molecule has 5 heteroatoms. The minimum absolute atomic E-state index is 0.211. The van der Waals surface area contributed by atoms with E-state index in [4.69, 9.17) is 0 Å². The highest BCUT2D eigenvalue weighted by Crippen LogP contribution is 2.42. The van der Waals surface area contributed by atoms with E-state index in [2.05, 4.69) is 44.4 Å². The molecule has 0 aliphatic carbocycles. The third-order valence-corrected chi connectivity index (χ3v) is 7.30. The summed E-state index contributed by atoms with van der Waals surface area (Å²) in [6.07, 6.45) is 9.53. The van der Waals surface area contributed by atoms with Crippen molar-refractivity contribution >= 4 is 11.6 Å². The zero-order valence-electron chi connectivity index (χ0n) is 17.1. The van der Waals surface area contributed by atoms with Crippen molar-refractivity contribution in [3.8, 4) is 0 Å². The van der Waals surface area contributed by atoms with Crippen LogP contribution in [0.5, 0.6) is 0 Å². The van der Waals surface area contributed by atoms with Crippen LogP contribution < -0.4 is 10.2 Å². The van der Waals surface area contributed by atoms with E-state index in [1.165, 1.54) is 29.7 Å². The van der Waals surface area contributed by atoms with Gasteiger partial charge in [0, 0.05) is 56.4 Å². The van der Waals surface area contributed by atoms with Crippen molar-refractivity contribution < 1.29 is 4.79 Å². The number of rotatable bonds is 2. The molecule has 1 N–H and O–H groups in total. The van der Waals surface area contributed by atoms with Crippen molar-refractivity contribution in [2.24, 2.45) is 5.41 Å². The molecule has 0 atom stereocenters. The Kier molecular flexibility index (Phi) is 5.00. The molecule has 5 rings (SSSR count). The second-order valence-corrected chi connectivity index (χ2v) is 8.89. The SMILES string of the molecule is O=C(c1ccc2c(c1)CNCC2)N1CCC2(CC1)CCN(c1ccncc1)CC2. The van der Waals surface area contributed by atoms with Gasteiger partial charge in [-0.05, 0) is 79.5 Å². The molecule has 0 bridgehead atoms. The maximum Gasteiger partial charge on any atom is 0.253 e. The van der Waals surface area contributed by atoms with Crippen LogP contribution in [0.3, 0.4) is 0 Å². The highest BCUT2D eigenvalue weighted by atomic mass is 16.2. The molecular formula is C24H30N4O. The summed E-state index contributed by atoms with van der Waals surface area (Å²) in [7, 11) is 0. The molecule has 1 aromatic heterocycles. The van der Waals surface area contributed by atoms with Crippen LogP contribution in [0, 0.1) is 5.41 Å². The number of anilines is 1. The van der Waals surface area contributed by atoms with E-state index in [9.17, 15) is 4.79 Å². The molecule has 0 unspecified atom stereocenters. The quantitative estimate of drug-likeness (QED) is 0.855. The fourth-order valence-electron chi connectivity index (χ4n) is 5.27. The molecule has 3 aliphatic heterocycles. The number of likely N-dealkylation sites (tertiary alicyclic amines) is 1. The topological polar surface area (TPSA) is 48.5 Å². The van der Waals surface area contributed by atoms with Crippen molar-refractivity contribution in [1.29, 1.82) is 0 Å². The summed E-state index contributed by atoms with van der Waals surface area (Å²) in [4.78, 5) is 21.8. The normalized spacial score (nSPS) is 21.1. The number of carbonyl (C=O) groups excluding carboxylic acids is 1. The van der Waals surface area contributed by atoms with E-state index >= 15 is 0 Å². The van der Waals surface area contributed by atoms with Crippen molar-refractivity contribution in [1.82, 2.24) is 15.2 Å². The lowest BCUT2D eigenvalue weighted by Crippen LogP contribution is -2.48. The predicted molar refractivity (Wildman–Crippen MR) is 115 cm³/mol.